The number of rotatable bonds is 5. The molecule has 0 radical (unpaired) electrons. The first-order valence-corrected chi connectivity index (χ1v) is 9.16. The van der Waals surface area contributed by atoms with Crippen LogP contribution in [0.25, 0.3) is 0 Å². The fourth-order valence-corrected chi connectivity index (χ4v) is 3.14. The number of ether oxygens (including phenoxy) is 1. The van der Waals surface area contributed by atoms with E-state index >= 15 is 0 Å². The second kappa shape index (κ2) is 8.75. The van der Waals surface area contributed by atoms with Crippen LogP contribution in [-0.2, 0) is 11.3 Å². The van der Waals surface area contributed by atoms with E-state index in [1.54, 1.807) is 41.3 Å². The summed E-state index contributed by atoms with van der Waals surface area (Å²) in [7, 11) is 1.44. The number of carbonyl (C=O) groups is 3. The summed E-state index contributed by atoms with van der Waals surface area (Å²) >= 11 is 5.91. The molecule has 1 heterocycles. The van der Waals surface area contributed by atoms with Crippen molar-refractivity contribution in [3.05, 3.63) is 64.2 Å². The summed E-state index contributed by atoms with van der Waals surface area (Å²) in [6.07, 6.45) is 1.48. The monoisotopic (exact) mass is 401 g/mol. The molecule has 0 aromatic heterocycles. The number of carbonyl (C=O) groups excluding carboxylic acids is 3. The van der Waals surface area contributed by atoms with Gasteiger partial charge in [0.2, 0.25) is 5.91 Å². The summed E-state index contributed by atoms with van der Waals surface area (Å²) in [4.78, 5) is 38.0. The summed E-state index contributed by atoms with van der Waals surface area (Å²) in [5, 5.41) is 0.379. The molecular formula is C20H20ClN3O4. The van der Waals surface area contributed by atoms with Crippen LogP contribution < -0.4 is 15.6 Å². The summed E-state index contributed by atoms with van der Waals surface area (Å²) < 4.78 is 5.13. The van der Waals surface area contributed by atoms with Crippen LogP contribution >= 0.6 is 11.6 Å². The number of hydrazine groups is 1. The van der Waals surface area contributed by atoms with Crippen molar-refractivity contribution in [2.24, 2.45) is 0 Å². The van der Waals surface area contributed by atoms with Crippen LogP contribution in [0.4, 0.5) is 0 Å². The molecule has 0 saturated carbocycles. The van der Waals surface area contributed by atoms with E-state index in [1.165, 1.54) is 13.2 Å². The first-order valence-electron chi connectivity index (χ1n) is 8.79. The van der Waals surface area contributed by atoms with Gasteiger partial charge in [0.05, 0.1) is 12.7 Å². The largest absolute Gasteiger partial charge is 0.496 e. The number of hydrogen-bond donors (Lipinski definition) is 2. The average Bonchev–Trinajstić information content (AvgIpc) is 3.10. The molecule has 0 aliphatic carbocycles. The van der Waals surface area contributed by atoms with Crippen molar-refractivity contribution in [2.75, 3.05) is 13.7 Å². The Balaban J connectivity index is 1.58. The molecule has 1 aliphatic heterocycles. The standard InChI is InChI=1S/C20H20ClN3O4/c1-28-17-9-8-15(21)11-16(17)20(27)23-22-19(26)14-6-4-13(5-7-14)12-24-10-2-3-18(24)25/h4-9,11H,2-3,10,12H2,1H3,(H,22,26)(H,23,27). The lowest BCUT2D eigenvalue weighted by atomic mass is 10.1. The van der Waals surface area contributed by atoms with Crippen molar-refractivity contribution in [2.45, 2.75) is 19.4 Å². The van der Waals surface area contributed by atoms with Gasteiger partial charge in [-0.25, -0.2) is 0 Å². The maximum atomic E-state index is 12.3. The minimum Gasteiger partial charge on any atom is -0.496 e. The molecule has 1 saturated heterocycles. The molecule has 7 nitrogen and oxygen atoms in total. The molecule has 2 aromatic rings. The molecule has 1 aliphatic rings. The van der Waals surface area contributed by atoms with Crippen molar-refractivity contribution in [1.82, 2.24) is 15.8 Å². The number of methoxy groups -OCH3 is 1. The third-order valence-corrected chi connectivity index (χ3v) is 4.69. The van der Waals surface area contributed by atoms with E-state index in [4.69, 9.17) is 16.3 Å². The van der Waals surface area contributed by atoms with Crippen LogP contribution in [0.3, 0.4) is 0 Å². The zero-order valence-electron chi connectivity index (χ0n) is 15.3. The highest BCUT2D eigenvalue weighted by molar-refractivity contribution is 6.31. The van der Waals surface area contributed by atoms with Crippen molar-refractivity contribution in [3.8, 4) is 5.75 Å². The van der Waals surface area contributed by atoms with Crippen LogP contribution in [0.15, 0.2) is 42.5 Å². The second-order valence-corrected chi connectivity index (χ2v) is 6.81. The van der Waals surface area contributed by atoms with E-state index in [0.717, 1.165) is 18.5 Å². The third kappa shape index (κ3) is 4.61. The van der Waals surface area contributed by atoms with Crippen molar-refractivity contribution in [3.63, 3.8) is 0 Å². The highest BCUT2D eigenvalue weighted by atomic mass is 35.5. The maximum absolute atomic E-state index is 12.3. The minimum atomic E-state index is -0.545. The Morgan fingerprint density at radius 3 is 2.46 bits per heavy atom. The first kappa shape index (κ1) is 19.7. The summed E-state index contributed by atoms with van der Waals surface area (Å²) in [5.74, 6) is -0.507. The van der Waals surface area contributed by atoms with Gasteiger partial charge in [0.15, 0.2) is 0 Å². The first-order chi connectivity index (χ1) is 13.5. The topological polar surface area (TPSA) is 87.7 Å². The van der Waals surface area contributed by atoms with Gasteiger partial charge in [0.1, 0.15) is 5.75 Å². The van der Waals surface area contributed by atoms with Gasteiger partial charge < -0.3 is 9.64 Å². The highest BCUT2D eigenvalue weighted by Crippen LogP contribution is 2.22. The lowest BCUT2D eigenvalue weighted by Crippen LogP contribution is -2.41. The number of nitrogens with zero attached hydrogens (tertiary/aromatic N) is 1. The predicted molar refractivity (Wildman–Crippen MR) is 104 cm³/mol. The van der Waals surface area contributed by atoms with E-state index in [1.807, 2.05) is 0 Å². The van der Waals surface area contributed by atoms with E-state index < -0.39 is 11.8 Å². The van der Waals surface area contributed by atoms with Crippen LogP contribution in [0.5, 0.6) is 5.75 Å². The molecular weight excluding hydrogens is 382 g/mol. The maximum Gasteiger partial charge on any atom is 0.273 e. The molecule has 0 unspecified atom stereocenters. The molecule has 0 atom stereocenters. The lowest BCUT2D eigenvalue weighted by molar-refractivity contribution is -0.128. The Kier molecular flexibility index (Phi) is 6.16. The summed E-state index contributed by atoms with van der Waals surface area (Å²) in [6.45, 7) is 1.30. The lowest BCUT2D eigenvalue weighted by Gasteiger charge is -2.15. The molecule has 1 fully saturated rings. The van der Waals surface area contributed by atoms with Crippen molar-refractivity contribution >= 4 is 29.3 Å². The van der Waals surface area contributed by atoms with Crippen LogP contribution in [0.1, 0.15) is 39.1 Å². The average molecular weight is 402 g/mol. The van der Waals surface area contributed by atoms with Crippen molar-refractivity contribution < 1.29 is 19.1 Å². The van der Waals surface area contributed by atoms with Crippen LogP contribution in [0.2, 0.25) is 5.02 Å². The number of likely N-dealkylation sites (tertiary alicyclic amines) is 1. The van der Waals surface area contributed by atoms with E-state index in [-0.39, 0.29) is 11.5 Å². The quantitative estimate of drug-likeness (QED) is 0.754. The van der Waals surface area contributed by atoms with E-state index in [9.17, 15) is 14.4 Å². The molecule has 2 aromatic carbocycles. The van der Waals surface area contributed by atoms with E-state index in [0.29, 0.717) is 29.3 Å². The number of nitrogens with one attached hydrogen (secondary N) is 2. The van der Waals surface area contributed by atoms with Gasteiger partial charge in [-0.2, -0.15) is 0 Å². The van der Waals surface area contributed by atoms with Crippen LogP contribution in [-0.4, -0.2) is 36.3 Å². The molecule has 3 rings (SSSR count). The van der Waals surface area contributed by atoms with Gasteiger partial charge in [-0.1, -0.05) is 23.7 Å². The molecule has 0 spiro atoms. The fourth-order valence-electron chi connectivity index (χ4n) is 2.96. The minimum absolute atomic E-state index is 0.154. The molecule has 3 amide bonds. The SMILES string of the molecule is COc1ccc(Cl)cc1C(=O)NNC(=O)c1ccc(CN2CCCC2=O)cc1. The molecule has 0 bridgehead atoms. The summed E-state index contributed by atoms with van der Waals surface area (Å²) in [5.41, 5.74) is 6.25. The smallest absolute Gasteiger partial charge is 0.273 e. The van der Waals surface area contributed by atoms with Crippen LogP contribution in [0, 0.1) is 0 Å². The number of halogens is 1. The molecule has 28 heavy (non-hydrogen) atoms. The van der Waals surface area contributed by atoms with Gasteiger partial charge in [0.25, 0.3) is 11.8 Å². The Bertz CT molecular complexity index is 899. The normalized spacial score (nSPS) is 13.4. The highest BCUT2D eigenvalue weighted by Gasteiger charge is 2.20. The van der Waals surface area contributed by atoms with Crippen molar-refractivity contribution in [1.29, 1.82) is 0 Å². The zero-order valence-corrected chi connectivity index (χ0v) is 16.1. The molecule has 2 N–H and O–H groups in total. The van der Waals surface area contributed by atoms with Gasteiger partial charge >= 0.3 is 0 Å². The number of benzene rings is 2. The predicted octanol–water partition coefficient (Wildman–Crippen LogP) is 2.55. The Labute approximate surface area is 167 Å². The Hall–Kier alpha value is -3.06. The third-order valence-electron chi connectivity index (χ3n) is 4.46. The number of amides is 3. The van der Waals surface area contributed by atoms with Gasteiger partial charge in [0, 0.05) is 30.1 Å². The molecule has 8 heteroatoms. The fraction of sp³-hybridized carbons (Fsp3) is 0.250. The Morgan fingerprint density at radius 2 is 1.82 bits per heavy atom. The van der Waals surface area contributed by atoms with E-state index in [2.05, 4.69) is 10.9 Å². The second-order valence-electron chi connectivity index (χ2n) is 6.37. The summed E-state index contributed by atoms with van der Waals surface area (Å²) in [6, 6.07) is 11.5. The van der Waals surface area contributed by atoms with Gasteiger partial charge in [-0.3, -0.25) is 25.2 Å². The van der Waals surface area contributed by atoms with Gasteiger partial charge in [-0.05, 0) is 42.3 Å². The zero-order chi connectivity index (χ0) is 20.1. The Morgan fingerprint density at radius 1 is 1.11 bits per heavy atom. The number of hydrogen-bond acceptors (Lipinski definition) is 4. The van der Waals surface area contributed by atoms with Gasteiger partial charge in [-0.15, -0.1) is 0 Å². The molecule has 146 valence electrons.